The Bertz CT molecular complexity index is 198. The monoisotopic (exact) mass is 199 g/mol. The third-order valence-electron chi connectivity index (χ3n) is 2.21. The second-order valence-electron chi connectivity index (χ2n) is 3.34. The molecule has 0 aromatic carbocycles. The van der Waals surface area contributed by atoms with Gasteiger partial charge in [-0.25, -0.2) is 4.79 Å². The van der Waals surface area contributed by atoms with Gasteiger partial charge >= 0.3 is 5.97 Å². The van der Waals surface area contributed by atoms with Crippen LogP contribution in [0.25, 0.3) is 0 Å². The highest BCUT2D eigenvalue weighted by Gasteiger charge is 2.08. The molecule has 4 nitrogen and oxygen atoms in total. The first-order valence-corrected chi connectivity index (χ1v) is 4.98. The Morgan fingerprint density at radius 2 is 2.14 bits per heavy atom. The van der Waals surface area contributed by atoms with Gasteiger partial charge in [-0.15, -0.1) is 0 Å². The molecule has 0 bridgehead atoms. The molecule has 1 N–H and O–H groups in total. The minimum atomic E-state index is -0.864. The quantitative estimate of drug-likeness (QED) is 0.524. The average Bonchev–Trinajstić information content (AvgIpc) is 2.18. The van der Waals surface area contributed by atoms with E-state index in [0.29, 0.717) is 0 Å². The molecule has 1 fully saturated rings. The molecule has 0 amide bonds. The highest BCUT2D eigenvalue weighted by molar-refractivity contribution is 5.79. The van der Waals surface area contributed by atoms with Gasteiger partial charge in [0.1, 0.15) is 0 Å². The lowest BCUT2D eigenvalue weighted by atomic mass is 10.2. The van der Waals surface area contributed by atoms with Crippen LogP contribution in [0.15, 0.2) is 12.2 Å². The van der Waals surface area contributed by atoms with E-state index in [4.69, 9.17) is 9.84 Å². The number of unbranched alkanes of at least 4 members (excludes halogenated alkanes) is 1. The lowest BCUT2D eigenvalue weighted by molar-refractivity contribution is -0.131. The standard InChI is InChI=1S/C10H17NO3/c12-10(13)4-2-1-3-5-11-6-8-14-9-7-11/h2,4H,1,3,5-9H2,(H,12,13)/b4-2+. The molecule has 0 aromatic rings. The van der Waals surface area contributed by atoms with Gasteiger partial charge in [0, 0.05) is 19.2 Å². The molecule has 0 unspecified atom stereocenters. The Morgan fingerprint density at radius 3 is 2.79 bits per heavy atom. The van der Waals surface area contributed by atoms with Gasteiger partial charge in [0.25, 0.3) is 0 Å². The number of aliphatic carboxylic acids is 1. The number of carbonyl (C=O) groups is 1. The van der Waals surface area contributed by atoms with Crippen LogP contribution in [-0.2, 0) is 9.53 Å². The third-order valence-corrected chi connectivity index (χ3v) is 2.21. The van der Waals surface area contributed by atoms with E-state index in [1.54, 1.807) is 6.08 Å². The first kappa shape index (κ1) is 11.2. The van der Waals surface area contributed by atoms with Gasteiger partial charge in [0.15, 0.2) is 0 Å². The number of nitrogens with zero attached hydrogens (tertiary/aromatic N) is 1. The fraction of sp³-hybridized carbons (Fsp3) is 0.700. The molecule has 14 heavy (non-hydrogen) atoms. The average molecular weight is 199 g/mol. The van der Waals surface area contributed by atoms with E-state index in [2.05, 4.69) is 4.90 Å². The van der Waals surface area contributed by atoms with Crippen LogP contribution >= 0.6 is 0 Å². The normalized spacial score (nSPS) is 18.9. The maximum absolute atomic E-state index is 10.2. The first-order valence-electron chi connectivity index (χ1n) is 4.98. The lowest BCUT2D eigenvalue weighted by Gasteiger charge is -2.26. The highest BCUT2D eigenvalue weighted by Crippen LogP contribution is 2.00. The van der Waals surface area contributed by atoms with Gasteiger partial charge in [-0.05, 0) is 19.4 Å². The van der Waals surface area contributed by atoms with Crippen molar-refractivity contribution in [3.05, 3.63) is 12.2 Å². The molecular weight excluding hydrogens is 182 g/mol. The van der Waals surface area contributed by atoms with Gasteiger partial charge < -0.3 is 9.84 Å². The van der Waals surface area contributed by atoms with Gasteiger partial charge in [-0.2, -0.15) is 0 Å². The summed E-state index contributed by atoms with van der Waals surface area (Å²) in [6.07, 6.45) is 4.77. The van der Waals surface area contributed by atoms with Crippen LogP contribution < -0.4 is 0 Å². The van der Waals surface area contributed by atoms with Crippen LogP contribution in [0.2, 0.25) is 0 Å². The summed E-state index contributed by atoms with van der Waals surface area (Å²) in [5.41, 5.74) is 0. The zero-order valence-corrected chi connectivity index (χ0v) is 8.32. The molecule has 0 spiro atoms. The van der Waals surface area contributed by atoms with Crippen molar-refractivity contribution in [2.45, 2.75) is 12.8 Å². The van der Waals surface area contributed by atoms with Crippen molar-refractivity contribution in [1.29, 1.82) is 0 Å². The Hall–Kier alpha value is -0.870. The van der Waals surface area contributed by atoms with E-state index in [1.807, 2.05) is 0 Å². The van der Waals surface area contributed by atoms with Crippen molar-refractivity contribution in [2.75, 3.05) is 32.8 Å². The minimum Gasteiger partial charge on any atom is -0.478 e. The molecular formula is C10H17NO3. The van der Waals surface area contributed by atoms with Crippen LogP contribution in [0.5, 0.6) is 0 Å². The van der Waals surface area contributed by atoms with Crippen molar-refractivity contribution in [3.63, 3.8) is 0 Å². The number of carboxylic acid groups (broad SMARTS) is 1. The molecule has 1 saturated heterocycles. The number of hydrogen-bond acceptors (Lipinski definition) is 3. The van der Waals surface area contributed by atoms with Crippen molar-refractivity contribution >= 4 is 5.97 Å². The lowest BCUT2D eigenvalue weighted by Crippen LogP contribution is -2.36. The molecule has 0 radical (unpaired) electrons. The van der Waals surface area contributed by atoms with Crippen LogP contribution in [0.3, 0.4) is 0 Å². The Labute approximate surface area is 84.2 Å². The minimum absolute atomic E-state index is 0.824. The molecule has 1 aliphatic rings. The topological polar surface area (TPSA) is 49.8 Å². The van der Waals surface area contributed by atoms with Crippen molar-refractivity contribution in [2.24, 2.45) is 0 Å². The molecule has 80 valence electrons. The molecule has 0 saturated carbocycles. The zero-order chi connectivity index (χ0) is 10.2. The zero-order valence-electron chi connectivity index (χ0n) is 8.32. The van der Waals surface area contributed by atoms with E-state index in [9.17, 15) is 4.79 Å². The number of ether oxygens (including phenoxy) is 1. The van der Waals surface area contributed by atoms with Crippen LogP contribution in [0.4, 0.5) is 0 Å². The molecule has 0 atom stereocenters. The molecule has 1 aliphatic heterocycles. The SMILES string of the molecule is O=C(O)/C=C/CCCN1CCOCC1. The van der Waals surface area contributed by atoms with E-state index in [0.717, 1.165) is 45.7 Å². The second kappa shape index (κ2) is 6.56. The van der Waals surface area contributed by atoms with Gasteiger partial charge in [0.05, 0.1) is 13.2 Å². The number of morpholine rings is 1. The third kappa shape index (κ3) is 4.99. The summed E-state index contributed by atoms with van der Waals surface area (Å²) in [6.45, 7) is 4.69. The largest absolute Gasteiger partial charge is 0.478 e. The Kier molecular flexibility index (Phi) is 5.25. The van der Waals surface area contributed by atoms with Crippen LogP contribution in [0.1, 0.15) is 12.8 Å². The maximum Gasteiger partial charge on any atom is 0.327 e. The summed E-state index contributed by atoms with van der Waals surface area (Å²) < 4.78 is 5.23. The predicted molar refractivity (Wildman–Crippen MR) is 53.3 cm³/mol. The van der Waals surface area contributed by atoms with Gasteiger partial charge in [-0.1, -0.05) is 6.08 Å². The molecule has 0 aromatic heterocycles. The summed E-state index contributed by atoms with van der Waals surface area (Å²) in [5.74, 6) is -0.864. The summed E-state index contributed by atoms with van der Waals surface area (Å²) in [7, 11) is 0. The number of allylic oxidation sites excluding steroid dienone is 1. The van der Waals surface area contributed by atoms with E-state index in [-0.39, 0.29) is 0 Å². The van der Waals surface area contributed by atoms with Crippen molar-refractivity contribution in [1.82, 2.24) is 4.90 Å². The van der Waals surface area contributed by atoms with Crippen LogP contribution in [0, 0.1) is 0 Å². The summed E-state index contributed by atoms with van der Waals surface area (Å²) >= 11 is 0. The molecule has 1 heterocycles. The first-order chi connectivity index (χ1) is 6.79. The Morgan fingerprint density at radius 1 is 1.43 bits per heavy atom. The smallest absolute Gasteiger partial charge is 0.327 e. The van der Waals surface area contributed by atoms with E-state index >= 15 is 0 Å². The fourth-order valence-electron chi connectivity index (χ4n) is 1.44. The number of rotatable bonds is 5. The molecule has 4 heteroatoms. The van der Waals surface area contributed by atoms with Crippen LogP contribution in [-0.4, -0.2) is 48.8 Å². The molecule has 0 aliphatic carbocycles. The van der Waals surface area contributed by atoms with Crippen molar-refractivity contribution < 1.29 is 14.6 Å². The predicted octanol–water partition coefficient (Wildman–Crippen LogP) is 0.740. The Balaban J connectivity index is 2.00. The van der Waals surface area contributed by atoms with Crippen molar-refractivity contribution in [3.8, 4) is 0 Å². The summed E-state index contributed by atoms with van der Waals surface area (Å²) in [6, 6.07) is 0. The van der Waals surface area contributed by atoms with E-state index in [1.165, 1.54) is 6.08 Å². The highest BCUT2D eigenvalue weighted by atomic mass is 16.5. The fourth-order valence-corrected chi connectivity index (χ4v) is 1.44. The second-order valence-corrected chi connectivity index (χ2v) is 3.34. The van der Waals surface area contributed by atoms with Gasteiger partial charge in [-0.3, -0.25) is 4.90 Å². The summed E-state index contributed by atoms with van der Waals surface area (Å²) in [4.78, 5) is 12.5. The number of hydrogen-bond donors (Lipinski definition) is 1. The van der Waals surface area contributed by atoms with Gasteiger partial charge in [0.2, 0.25) is 0 Å². The number of carboxylic acids is 1. The molecule has 1 rings (SSSR count). The maximum atomic E-state index is 10.2. The van der Waals surface area contributed by atoms with E-state index < -0.39 is 5.97 Å². The summed E-state index contributed by atoms with van der Waals surface area (Å²) in [5, 5.41) is 8.35.